The predicted molar refractivity (Wildman–Crippen MR) is 77.1 cm³/mol. The van der Waals surface area contributed by atoms with E-state index in [0.717, 1.165) is 16.5 Å². The lowest BCUT2D eigenvalue weighted by atomic mass is 10.1. The number of amides is 1. The summed E-state index contributed by atoms with van der Waals surface area (Å²) < 4.78 is 5.32. The number of aryl methyl sites for hydroxylation is 1. The molecule has 6 heteroatoms. The van der Waals surface area contributed by atoms with Gasteiger partial charge in [0.2, 0.25) is 5.88 Å². The first-order valence-electron chi connectivity index (χ1n) is 6.18. The summed E-state index contributed by atoms with van der Waals surface area (Å²) >= 11 is 6.18. The fourth-order valence-corrected chi connectivity index (χ4v) is 2.03. The van der Waals surface area contributed by atoms with Crippen LogP contribution in [0, 0.1) is 6.92 Å². The zero-order valence-electron chi connectivity index (χ0n) is 11.0. The maximum Gasteiger partial charge on any atom is 0.258 e. The molecule has 2 aromatic rings. The number of carbonyl (C=O) groups excluding carboxylic acids is 1. The number of pyridine rings is 1. The Kier molecular flexibility index (Phi) is 4.76. The standard InChI is InChI=1S/C14H15ClN2O3/c1-9-3-2-4-10-11(15)7-13(17-14(9)10)20-8-12(19)16-5-6-18/h2-4,7,18H,5-6,8H2,1H3,(H,16,19). The number of aliphatic hydroxyl groups excluding tert-OH is 1. The third-order valence-corrected chi connectivity index (χ3v) is 3.07. The van der Waals surface area contributed by atoms with Gasteiger partial charge in [-0.1, -0.05) is 29.8 Å². The average Bonchev–Trinajstić information content (AvgIpc) is 2.44. The predicted octanol–water partition coefficient (Wildman–Crippen LogP) is 1.68. The first kappa shape index (κ1) is 14.6. The van der Waals surface area contributed by atoms with E-state index in [0.29, 0.717) is 10.9 Å². The second kappa shape index (κ2) is 6.54. The van der Waals surface area contributed by atoms with E-state index in [1.165, 1.54) is 0 Å². The highest BCUT2D eigenvalue weighted by molar-refractivity contribution is 6.35. The number of benzene rings is 1. The SMILES string of the molecule is Cc1cccc2c(Cl)cc(OCC(=O)NCCO)nc12. The number of carbonyl (C=O) groups is 1. The van der Waals surface area contributed by atoms with E-state index in [1.54, 1.807) is 6.07 Å². The summed E-state index contributed by atoms with van der Waals surface area (Å²) in [4.78, 5) is 15.7. The Morgan fingerprint density at radius 1 is 1.50 bits per heavy atom. The van der Waals surface area contributed by atoms with Crippen molar-refractivity contribution in [3.8, 4) is 5.88 Å². The minimum atomic E-state index is -0.318. The van der Waals surface area contributed by atoms with Crippen molar-refractivity contribution in [2.75, 3.05) is 19.8 Å². The zero-order chi connectivity index (χ0) is 14.5. The van der Waals surface area contributed by atoms with Gasteiger partial charge in [-0.2, -0.15) is 0 Å². The number of para-hydroxylation sites is 1. The smallest absolute Gasteiger partial charge is 0.258 e. The highest BCUT2D eigenvalue weighted by Crippen LogP contribution is 2.27. The fourth-order valence-electron chi connectivity index (χ4n) is 1.79. The Balaban J connectivity index is 2.15. The Morgan fingerprint density at radius 3 is 3.05 bits per heavy atom. The molecule has 1 amide bonds. The largest absolute Gasteiger partial charge is 0.468 e. The Labute approximate surface area is 121 Å². The van der Waals surface area contributed by atoms with Crippen molar-refractivity contribution in [1.82, 2.24) is 10.3 Å². The maximum atomic E-state index is 11.4. The van der Waals surface area contributed by atoms with Crippen molar-refractivity contribution < 1.29 is 14.6 Å². The molecule has 0 aliphatic carbocycles. The molecule has 1 aromatic heterocycles. The highest BCUT2D eigenvalue weighted by Gasteiger charge is 2.08. The van der Waals surface area contributed by atoms with Crippen LogP contribution in [0.5, 0.6) is 5.88 Å². The molecule has 20 heavy (non-hydrogen) atoms. The Hall–Kier alpha value is -1.85. The van der Waals surface area contributed by atoms with Gasteiger partial charge in [-0.3, -0.25) is 4.79 Å². The van der Waals surface area contributed by atoms with Gasteiger partial charge in [-0.15, -0.1) is 0 Å². The Morgan fingerprint density at radius 2 is 2.30 bits per heavy atom. The van der Waals surface area contributed by atoms with E-state index in [4.69, 9.17) is 21.4 Å². The number of nitrogens with one attached hydrogen (secondary N) is 1. The second-order valence-corrected chi connectivity index (χ2v) is 4.68. The van der Waals surface area contributed by atoms with Gasteiger partial charge in [0.05, 0.1) is 17.1 Å². The van der Waals surface area contributed by atoms with Crippen molar-refractivity contribution in [2.24, 2.45) is 0 Å². The summed E-state index contributed by atoms with van der Waals surface area (Å²) in [5.74, 6) is -0.0159. The molecule has 0 saturated carbocycles. The van der Waals surface area contributed by atoms with Crippen LogP contribution in [-0.2, 0) is 4.79 Å². The van der Waals surface area contributed by atoms with E-state index in [1.807, 2.05) is 25.1 Å². The summed E-state index contributed by atoms with van der Waals surface area (Å²) in [6.45, 7) is 1.86. The topological polar surface area (TPSA) is 71.5 Å². The van der Waals surface area contributed by atoms with Crippen molar-refractivity contribution >= 4 is 28.4 Å². The molecular weight excluding hydrogens is 280 g/mol. The first-order chi connectivity index (χ1) is 9.61. The van der Waals surface area contributed by atoms with Crippen LogP contribution in [0.3, 0.4) is 0 Å². The Bertz CT molecular complexity index is 631. The molecular formula is C14H15ClN2O3. The molecule has 0 fully saturated rings. The van der Waals surface area contributed by atoms with Crippen molar-refractivity contribution in [3.05, 3.63) is 34.9 Å². The second-order valence-electron chi connectivity index (χ2n) is 4.28. The average molecular weight is 295 g/mol. The van der Waals surface area contributed by atoms with Gasteiger partial charge in [-0.05, 0) is 12.5 Å². The number of aliphatic hydroxyl groups is 1. The quantitative estimate of drug-likeness (QED) is 0.880. The van der Waals surface area contributed by atoms with E-state index < -0.39 is 0 Å². The van der Waals surface area contributed by atoms with E-state index in [9.17, 15) is 4.79 Å². The van der Waals surface area contributed by atoms with Crippen molar-refractivity contribution in [3.63, 3.8) is 0 Å². The molecule has 2 N–H and O–H groups in total. The normalized spacial score (nSPS) is 10.6. The monoisotopic (exact) mass is 294 g/mol. The van der Waals surface area contributed by atoms with Crippen LogP contribution in [0.2, 0.25) is 5.02 Å². The number of nitrogens with zero attached hydrogens (tertiary/aromatic N) is 1. The number of hydrogen-bond donors (Lipinski definition) is 2. The maximum absolute atomic E-state index is 11.4. The molecule has 106 valence electrons. The minimum Gasteiger partial charge on any atom is -0.468 e. The number of ether oxygens (including phenoxy) is 1. The van der Waals surface area contributed by atoms with Crippen molar-refractivity contribution in [2.45, 2.75) is 6.92 Å². The summed E-state index contributed by atoms with van der Waals surface area (Å²) in [6.07, 6.45) is 0. The number of halogens is 1. The van der Waals surface area contributed by atoms with Gasteiger partial charge >= 0.3 is 0 Å². The molecule has 1 heterocycles. The number of fused-ring (bicyclic) bond motifs is 1. The molecule has 1 aromatic carbocycles. The zero-order valence-corrected chi connectivity index (χ0v) is 11.8. The molecule has 0 spiro atoms. The third-order valence-electron chi connectivity index (χ3n) is 2.75. The van der Waals surface area contributed by atoms with E-state index >= 15 is 0 Å². The molecule has 0 aliphatic rings. The minimum absolute atomic E-state index is 0.106. The number of rotatable bonds is 5. The lowest BCUT2D eigenvalue weighted by Gasteiger charge is -2.09. The number of aromatic nitrogens is 1. The summed E-state index contributed by atoms with van der Waals surface area (Å²) in [7, 11) is 0. The van der Waals surface area contributed by atoms with Crippen LogP contribution in [-0.4, -0.2) is 35.8 Å². The van der Waals surface area contributed by atoms with Gasteiger partial charge in [0, 0.05) is 18.0 Å². The summed E-state index contributed by atoms with van der Waals surface area (Å²) in [6, 6.07) is 7.32. The van der Waals surface area contributed by atoms with Crippen LogP contribution in [0.25, 0.3) is 10.9 Å². The van der Waals surface area contributed by atoms with Crippen LogP contribution in [0.15, 0.2) is 24.3 Å². The molecule has 0 saturated heterocycles. The highest BCUT2D eigenvalue weighted by atomic mass is 35.5. The number of hydrogen-bond acceptors (Lipinski definition) is 4. The van der Waals surface area contributed by atoms with Crippen molar-refractivity contribution in [1.29, 1.82) is 0 Å². The molecule has 0 unspecified atom stereocenters. The molecule has 5 nitrogen and oxygen atoms in total. The van der Waals surface area contributed by atoms with Gasteiger partial charge in [-0.25, -0.2) is 4.98 Å². The molecule has 0 atom stereocenters. The van der Waals surface area contributed by atoms with Crippen LogP contribution >= 0.6 is 11.6 Å². The van der Waals surface area contributed by atoms with E-state index in [-0.39, 0.29) is 25.7 Å². The van der Waals surface area contributed by atoms with Gasteiger partial charge in [0.1, 0.15) is 0 Å². The molecule has 0 aliphatic heterocycles. The lowest BCUT2D eigenvalue weighted by Crippen LogP contribution is -2.31. The van der Waals surface area contributed by atoms with Crippen LogP contribution in [0.4, 0.5) is 0 Å². The first-order valence-corrected chi connectivity index (χ1v) is 6.56. The molecule has 0 radical (unpaired) electrons. The van der Waals surface area contributed by atoms with Gasteiger partial charge in [0.15, 0.2) is 6.61 Å². The lowest BCUT2D eigenvalue weighted by molar-refractivity contribution is -0.123. The van der Waals surface area contributed by atoms with Crippen LogP contribution < -0.4 is 10.1 Å². The van der Waals surface area contributed by atoms with Gasteiger partial charge in [0.25, 0.3) is 5.91 Å². The summed E-state index contributed by atoms with van der Waals surface area (Å²) in [5, 5.41) is 12.5. The summed E-state index contributed by atoms with van der Waals surface area (Å²) in [5.41, 5.74) is 1.74. The fraction of sp³-hybridized carbons (Fsp3) is 0.286. The molecule has 2 rings (SSSR count). The molecule has 0 bridgehead atoms. The van der Waals surface area contributed by atoms with Crippen LogP contribution in [0.1, 0.15) is 5.56 Å². The van der Waals surface area contributed by atoms with E-state index in [2.05, 4.69) is 10.3 Å². The van der Waals surface area contributed by atoms with Gasteiger partial charge < -0.3 is 15.2 Å². The third kappa shape index (κ3) is 3.37.